The first-order valence-corrected chi connectivity index (χ1v) is 19.2. The molecule has 0 spiro atoms. The summed E-state index contributed by atoms with van der Waals surface area (Å²) in [5.74, 6) is -0.206. The molecule has 2 aliphatic rings. The SMILES string of the molecule is CS(=O)(=O)Nc1cc([C@@H](O)CNCCc2ccc(NC3CCN(c4ccc(S(=O)(=O)N5CCCCC5)cc4)CC3)cc2)ccc1O. The predicted octanol–water partition coefficient (Wildman–Crippen LogP) is 3.88. The molecule has 0 aliphatic carbocycles. The minimum Gasteiger partial charge on any atom is -0.506 e. The molecular formula is C33H45N5O6S2. The van der Waals surface area contributed by atoms with Crippen LogP contribution in [0.5, 0.6) is 5.75 Å². The number of nitrogens with zero attached hydrogens (tertiary/aromatic N) is 2. The van der Waals surface area contributed by atoms with Gasteiger partial charge in [0.15, 0.2) is 0 Å². The monoisotopic (exact) mass is 671 g/mol. The lowest BCUT2D eigenvalue weighted by Gasteiger charge is -2.34. The van der Waals surface area contributed by atoms with Crippen LogP contribution in [0.2, 0.25) is 0 Å². The number of aliphatic hydroxyl groups excluding tert-OH is 1. The molecule has 0 saturated carbocycles. The van der Waals surface area contributed by atoms with Gasteiger partial charge in [-0.15, -0.1) is 0 Å². The Hall–Kier alpha value is -3.36. The Morgan fingerprint density at radius 1 is 0.870 bits per heavy atom. The van der Waals surface area contributed by atoms with Crippen LogP contribution in [0.25, 0.3) is 0 Å². The van der Waals surface area contributed by atoms with Crippen LogP contribution in [0.1, 0.15) is 49.3 Å². The van der Waals surface area contributed by atoms with E-state index in [0.717, 1.165) is 74.8 Å². The number of hydrogen-bond donors (Lipinski definition) is 5. The number of hydrogen-bond acceptors (Lipinski definition) is 9. The third-order valence-corrected chi connectivity index (χ3v) is 11.1. The Kier molecular flexibility index (Phi) is 11.1. The first-order valence-electron chi connectivity index (χ1n) is 15.9. The smallest absolute Gasteiger partial charge is 0.243 e. The average molecular weight is 672 g/mol. The first-order chi connectivity index (χ1) is 22.0. The van der Waals surface area contributed by atoms with Crippen LogP contribution in [-0.2, 0) is 26.5 Å². The summed E-state index contributed by atoms with van der Waals surface area (Å²) in [5, 5.41) is 27.3. The topological polar surface area (TPSA) is 151 Å². The lowest BCUT2D eigenvalue weighted by molar-refractivity contribution is 0.175. The molecule has 0 amide bonds. The summed E-state index contributed by atoms with van der Waals surface area (Å²) < 4.78 is 52.8. The van der Waals surface area contributed by atoms with E-state index in [4.69, 9.17) is 0 Å². The van der Waals surface area contributed by atoms with E-state index in [9.17, 15) is 27.0 Å². The minimum atomic E-state index is -3.56. The number of piperidine rings is 2. The van der Waals surface area contributed by atoms with Crippen LogP contribution in [-0.4, -0.2) is 82.9 Å². The van der Waals surface area contributed by atoms with E-state index in [-0.39, 0.29) is 18.0 Å². The fourth-order valence-electron chi connectivity index (χ4n) is 6.00. The van der Waals surface area contributed by atoms with Crippen molar-refractivity contribution in [1.82, 2.24) is 9.62 Å². The van der Waals surface area contributed by atoms with Gasteiger partial charge in [-0.3, -0.25) is 4.72 Å². The van der Waals surface area contributed by atoms with E-state index in [2.05, 4.69) is 44.5 Å². The molecule has 2 saturated heterocycles. The maximum absolute atomic E-state index is 13.0. The van der Waals surface area contributed by atoms with Crippen molar-refractivity contribution < 1.29 is 27.0 Å². The van der Waals surface area contributed by atoms with E-state index in [1.54, 1.807) is 22.5 Å². The largest absolute Gasteiger partial charge is 0.506 e. The molecule has 13 heteroatoms. The number of benzene rings is 3. The van der Waals surface area contributed by atoms with Gasteiger partial charge in [-0.2, -0.15) is 4.31 Å². The fourth-order valence-corrected chi connectivity index (χ4v) is 8.08. The molecule has 0 bridgehead atoms. The number of nitrogens with one attached hydrogen (secondary N) is 3. The molecule has 5 rings (SSSR count). The molecule has 0 radical (unpaired) electrons. The van der Waals surface area contributed by atoms with Gasteiger partial charge in [0.25, 0.3) is 0 Å². The van der Waals surface area contributed by atoms with Crippen molar-refractivity contribution in [3.8, 4) is 5.75 Å². The summed E-state index contributed by atoms with van der Waals surface area (Å²) in [6, 6.07) is 20.4. The quantitative estimate of drug-likeness (QED) is 0.135. The Labute approximate surface area is 272 Å². The van der Waals surface area contributed by atoms with Gasteiger partial charge >= 0.3 is 0 Å². The van der Waals surface area contributed by atoms with Gasteiger partial charge in [0.05, 0.1) is 22.9 Å². The molecule has 5 N–H and O–H groups in total. The number of aliphatic hydroxyl groups is 1. The van der Waals surface area contributed by atoms with Crippen LogP contribution in [0.4, 0.5) is 17.1 Å². The second kappa shape index (κ2) is 15.0. The second-order valence-corrected chi connectivity index (χ2v) is 15.9. The fraction of sp³-hybridized carbons (Fsp3) is 0.455. The van der Waals surface area contributed by atoms with Gasteiger partial charge in [-0.25, -0.2) is 16.8 Å². The third kappa shape index (κ3) is 9.13. The van der Waals surface area contributed by atoms with Crippen molar-refractivity contribution in [2.45, 2.75) is 55.6 Å². The van der Waals surface area contributed by atoms with Crippen molar-refractivity contribution in [2.24, 2.45) is 0 Å². The third-order valence-electron chi connectivity index (χ3n) is 8.60. The van der Waals surface area contributed by atoms with Gasteiger partial charge in [0, 0.05) is 50.1 Å². The van der Waals surface area contributed by atoms with Crippen molar-refractivity contribution in [3.63, 3.8) is 0 Å². The summed E-state index contributed by atoms with van der Waals surface area (Å²) in [4.78, 5) is 2.69. The van der Waals surface area contributed by atoms with E-state index in [0.29, 0.717) is 36.1 Å². The molecule has 0 aromatic heterocycles. The molecule has 250 valence electrons. The highest BCUT2D eigenvalue weighted by Crippen LogP contribution is 2.28. The van der Waals surface area contributed by atoms with Gasteiger partial charge in [-0.1, -0.05) is 24.6 Å². The summed E-state index contributed by atoms with van der Waals surface area (Å²) in [6.45, 7) is 3.94. The van der Waals surface area contributed by atoms with Crippen LogP contribution in [0, 0.1) is 0 Å². The number of phenols is 1. The summed E-state index contributed by atoms with van der Waals surface area (Å²) in [7, 11) is -6.97. The lowest BCUT2D eigenvalue weighted by atomic mass is 10.0. The van der Waals surface area contributed by atoms with Crippen molar-refractivity contribution in [2.75, 3.05) is 60.5 Å². The number of aromatic hydroxyl groups is 1. The first kappa shape index (κ1) is 34.0. The highest BCUT2D eigenvalue weighted by Gasteiger charge is 2.26. The Bertz CT molecular complexity index is 1650. The second-order valence-electron chi connectivity index (χ2n) is 12.2. The van der Waals surface area contributed by atoms with E-state index >= 15 is 0 Å². The highest BCUT2D eigenvalue weighted by molar-refractivity contribution is 7.92. The van der Waals surface area contributed by atoms with Crippen LogP contribution < -0.4 is 20.3 Å². The molecule has 3 aromatic rings. The predicted molar refractivity (Wildman–Crippen MR) is 182 cm³/mol. The van der Waals surface area contributed by atoms with Gasteiger partial charge in [-0.05, 0) is 98.3 Å². The highest BCUT2D eigenvalue weighted by atomic mass is 32.2. The van der Waals surface area contributed by atoms with Crippen LogP contribution in [0.3, 0.4) is 0 Å². The standard InChI is InChI=1S/C33H45N5O6S2/c1-45(41,42)36-31-23-26(7-14-32(31)39)33(40)24-34-18-15-25-5-8-27(9-6-25)35-28-16-21-37(22-17-28)29-10-12-30(13-11-29)46(43,44)38-19-3-2-4-20-38/h5-14,23,28,33-36,39-40H,2-4,15-22,24H2,1H3/t33-/m0/s1. The van der Waals surface area contributed by atoms with Crippen molar-refractivity contribution >= 4 is 37.1 Å². The normalized spacial score (nSPS) is 17.5. The zero-order valence-corrected chi connectivity index (χ0v) is 27.9. The zero-order chi connectivity index (χ0) is 32.7. The van der Waals surface area contributed by atoms with E-state index < -0.39 is 26.2 Å². The van der Waals surface area contributed by atoms with Crippen molar-refractivity contribution in [1.29, 1.82) is 0 Å². The number of phenolic OH excluding ortho intramolecular Hbond substituents is 1. The van der Waals surface area contributed by atoms with Crippen molar-refractivity contribution in [3.05, 3.63) is 77.9 Å². The van der Waals surface area contributed by atoms with Gasteiger partial charge in [0.1, 0.15) is 5.75 Å². The van der Waals surface area contributed by atoms with Gasteiger partial charge in [0.2, 0.25) is 20.0 Å². The molecule has 46 heavy (non-hydrogen) atoms. The Morgan fingerprint density at radius 3 is 2.20 bits per heavy atom. The summed E-state index contributed by atoms with van der Waals surface area (Å²) in [5.41, 5.74) is 3.82. The van der Waals surface area contributed by atoms with E-state index in [1.165, 1.54) is 12.1 Å². The Balaban J connectivity index is 1.03. The summed E-state index contributed by atoms with van der Waals surface area (Å²) in [6.07, 6.45) is 5.82. The maximum Gasteiger partial charge on any atom is 0.243 e. The van der Waals surface area contributed by atoms with Crippen LogP contribution in [0.15, 0.2) is 71.6 Å². The van der Waals surface area contributed by atoms with E-state index in [1.807, 2.05) is 12.1 Å². The molecular weight excluding hydrogens is 627 g/mol. The number of anilines is 3. The molecule has 0 unspecified atom stereocenters. The number of sulfonamides is 2. The molecule has 1 atom stereocenters. The maximum atomic E-state index is 13.0. The lowest BCUT2D eigenvalue weighted by Crippen LogP contribution is -2.39. The minimum absolute atomic E-state index is 0.0333. The molecule has 11 nitrogen and oxygen atoms in total. The molecule has 2 aliphatic heterocycles. The number of rotatable bonds is 13. The Morgan fingerprint density at radius 2 is 1.54 bits per heavy atom. The average Bonchev–Trinajstić information content (AvgIpc) is 3.05. The van der Waals surface area contributed by atoms with Crippen LogP contribution >= 0.6 is 0 Å². The molecule has 3 aromatic carbocycles. The van der Waals surface area contributed by atoms with Gasteiger partial charge < -0.3 is 25.7 Å². The molecule has 2 fully saturated rings. The summed E-state index contributed by atoms with van der Waals surface area (Å²) >= 11 is 0. The zero-order valence-electron chi connectivity index (χ0n) is 26.2. The molecule has 2 heterocycles.